The van der Waals surface area contributed by atoms with E-state index in [1.165, 1.54) is 12.1 Å². The maximum atomic E-state index is 13.8. The highest BCUT2D eigenvalue weighted by atomic mass is 19.1. The average Bonchev–Trinajstić information content (AvgIpc) is 2.57. The Morgan fingerprint density at radius 2 is 1.55 bits per heavy atom. The Hall–Kier alpha value is -1.39. The van der Waals surface area contributed by atoms with E-state index in [0.717, 1.165) is 16.2 Å². The molecule has 2 nitrogen and oxygen atoms in total. The smallest absolute Gasteiger partial charge is 0.399 e. The third-order valence-corrected chi connectivity index (χ3v) is 4.37. The van der Waals surface area contributed by atoms with E-state index in [0.29, 0.717) is 0 Å². The topological polar surface area (TPSA) is 18.5 Å². The van der Waals surface area contributed by atoms with Gasteiger partial charge in [-0.15, -0.1) is 0 Å². The second-order valence-corrected chi connectivity index (χ2v) is 6.30. The summed E-state index contributed by atoms with van der Waals surface area (Å²) in [4.78, 5) is 0. The highest BCUT2D eigenvalue weighted by Crippen LogP contribution is 2.37. The second-order valence-electron chi connectivity index (χ2n) is 6.30. The molecule has 0 spiro atoms. The molecule has 0 aliphatic carbocycles. The van der Waals surface area contributed by atoms with Crippen molar-refractivity contribution in [3.8, 4) is 0 Å². The molecule has 1 aliphatic heterocycles. The molecule has 2 aromatic rings. The fraction of sp³-hybridized carbons (Fsp3) is 0.375. The molecule has 0 radical (unpaired) electrons. The summed E-state index contributed by atoms with van der Waals surface area (Å²) in [6.45, 7) is 7.98. The quantitative estimate of drug-likeness (QED) is 0.742. The van der Waals surface area contributed by atoms with Gasteiger partial charge in [-0.05, 0) is 56.1 Å². The van der Waals surface area contributed by atoms with Gasteiger partial charge in [-0.3, -0.25) is 0 Å². The highest BCUT2D eigenvalue weighted by molar-refractivity contribution is 6.65. The van der Waals surface area contributed by atoms with Crippen LogP contribution in [0.5, 0.6) is 0 Å². The third kappa shape index (κ3) is 2.04. The Balaban J connectivity index is 2.12. The van der Waals surface area contributed by atoms with Crippen molar-refractivity contribution in [3.05, 3.63) is 42.2 Å². The zero-order chi connectivity index (χ0) is 14.5. The summed E-state index contributed by atoms with van der Waals surface area (Å²) in [5.74, 6) is -0.270. The number of halogens is 1. The maximum absolute atomic E-state index is 13.8. The fourth-order valence-electron chi connectivity index (χ4n) is 2.47. The van der Waals surface area contributed by atoms with E-state index in [2.05, 4.69) is 0 Å². The van der Waals surface area contributed by atoms with E-state index in [-0.39, 0.29) is 5.82 Å². The minimum atomic E-state index is -0.541. The van der Waals surface area contributed by atoms with Crippen LogP contribution in [0.15, 0.2) is 36.4 Å². The molecule has 4 heteroatoms. The first-order valence-electron chi connectivity index (χ1n) is 6.84. The molecule has 104 valence electrons. The standard InChI is InChI=1S/C16H18BFO2/c1-15(2)16(3,4)20-17(19-15)14-10-12(18)9-11-7-5-6-8-13(11)14/h5-10H,1-4H3. The van der Waals surface area contributed by atoms with Crippen LogP contribution in [0.1, 0.15) is 27.7 Å². The normalized spacial score (nSPS) is 20.6. The first-order valence-corrected chi connectivity index (χ1v) is 6.84. The number of fused-ring (bicyclic) bond motifs is 1. The Bertz CT molecular complexity index is 651. The van der Waals surface area contributed by atoms with Gasteiger partial charge in [-0.1, -0.05) is 24.3 Å². The van der Waals surface area contributed by atoms with Gasteiger partial charge in [0.25, 0.3) is 0 Å². The maximum Gasteiger partial charge on any atom is 0.495 e. The lowest BCUT2D eigenvalue weighted by Crippen LogP contribution is -2.41. The minimum Gasteiger partial charge on any atom is -0.399 e. The van der Waals surface area contributed by atoms with Crippen LogP contribution < -0.4 is 5.46 Å². The van der Waals surface area contributed by atoms with Gasteiger partial charge in [-0.2, -0.15) is 0 Å². The summed E-state index contributed by atoms with van der Waals surface area (Å²) in [6.07, 6.45) is 0. The molecular formula is C16H18BFO2. The lowest BCUT2D eigenvalue weighted by molar-refractivity contribution is 0.00578. The van der Waals surface area contributed by atoms with Crippen LogP contribution in [0.25, 0.3) is 10.8 Å². The van der Waals surface area contributed by atoms with E-state index in [1.54, 1.807) is 0 Å². The van der Waals surface area contributed by atoms with Gasteiger partial charge in [0.05, 0.1) is 11.2 Å². The van der Waals surface area contributed by atoms with Gasteiger partial charge in [0.2, 0.25) is 0 Å². The summed E-state index contributed by atoms with van der Waals surface area (Å²) < 4.78 is 25.9. The van der Waals surface area contributed by atoms with E-state index in [9.17, 15) is 4.39 Å². The summed E-state index contributed by atoms with van der Waals surface area (Å²) in [5, 5.41) is 1.82. The van der Waals surface area contributed by atoms with Crippen LogP contribution in [-0.4, -0.2) is 18.3 Å². The van der Waals surface area contributed by atoms with Crippen molar-refractivity contribution >= 4 is 23.4 Å². The summed E-state index contributed by atoms with van der Waals surface area (Å²) in [6, 6.07) is 10.7. The zero-order valence-electron chi connectivity index (χ0n) is 12.2. The van der Waals surface area contributed by atoms with Crippen LogP contribution in [0.3, 0.4) is 0 Å². The van der Waals surface area contributed by atoms with Crippen molar-refractivity contribution in [2.75, 3.05) is 0 Å². The molecule has 0 unspecified atom stereocenters. The van der Waals surface area contributed by atoms with Gasteiger partial charge < -0.3 is 9.31 Å². The van der Waals surface area contributed by atoms with Gasteiger partial charge in [0.1, 0.15) is 5.82 Å². The molecule has 3 rings (SSSR count). The largest absolute Gasteiger partial charge is 0.495 e. The van der Waals surface area contributed by atoms with E-state index >= 15 is 0 Å². The summed E-state index contributed by atoms with van der Waals surface area (Å²) in [5.41, 5.74) is -0.102. The van der Waals surface area contributed by atoms with Crippen LogP contribution in [-0.2, 0) is 9.31 Å². The van der Waals surface area contributed by atoms with Gasteiger partial charge in [-0.25, -0.2) is 4.39 Å². The van der Waals surface area contributed by atoms with E-state index < -0.39 is 18.3 Å². The van der Waals surface area contributed by atoms with Crippen LogP contribution in [0.4, 0.5) is 4.39 Å². The lowest BCUT2D eigenvalue weighted by atomic mass is 9.76. The molecule has 0 aromatic heterocycles. The van der Waals surface area contributed by atoms with Crippen LogP contribution in [0.2, 0.25) is 0 Å². The Kier molecular flexibility index (Phi) is 2.92. The molecule has 2 aromatic carbocycles. The number of hydrogen-bond acceptors (Lipinski definition) is 2. The molecule has 0 bridgehead atoms. The van der Waals surface area contributed by atoms with E-state index in [1.807, 2.05) is 52.0 Å². The Morgan fingerprint density at radius 3 is 2.20 bits per heavy atom. The SMILES string of the molecule is CC1(C)OB(c2cc(F)cc3ccccc23)OC1(C)C. The molecule has 1 saturated heterocycles. The number of benzene rings is 2. The van der Waals surface area contributed by atoms with E-state index in [4.69, 9.17) is 9.31 Å². The molecule has 0 amide bonds. The molecule has 0 atom stereocenters. The monoisotopic (exact) mass is 272 g/mol. The minimum absolute atomic E-state index is 0.270. The molecule has 20 heavy (non-hydrogen) atoms. The third-order valence-electron chi connectivity index (χ3n) is 4.37. The molecule has 0 N–H and O–H groups in total. The van der Waals surface area contributed by atoms with Crippen molar-refractivity contribution in [1.29, 1.82) is 0 Å². The number of hydrogen-bond donors (Lipinski definition) is 0. The molecule has 1 fully saturated rings. The zero-order valence-corrected chi connectivity index (χ0v) is 12.2. The fourth-order valence-corrected chi connectivity index (χ4v) is 2.47. The van der Waals surface area contributed by atoms with Crippen molar-refractivity contribution < 1.29 is 13.7 Å². The lowest BCUT2D eigenvalue weighted by Gasteiger charge is -2.32. The van der Waals surface area contributed by atoms with Gasteiger partial charge >= 0.3 is 7.12 Å². The Labute approximate surface area is 119 Å². The molecule has 0 saturated carbocycles. The molecular weight excluding hydrogens is 254 g/mol. The first kappa shape index (κ1) is 13.6. The average molecular weight is 272 g/mol. The Morgan fingerprint density at radius 1 is 0.950 bits per heavy atom. The predicted octanol–water partition coefficient (Wildman–Crippen LogP) is 3.28. The van der Waals surface area contributed by atoms with Crippen LogP contribution >= 0.6 is 0 Å². The summed E-state index contributed by atoms with van der Waals surface area (Å²) in [7, 11) is -0.541. The van der Waals surface area contributed by atoms with Gasteiger partial charge in [0, 0.05) is 0 Å². The molecule has 1 aliphatic rings. The van der Waals surface area contributed by atoms with Crippen molar-refractivity contribution in [3.63, 3.8) is 0 Å². The predicted molar refractivity (Wildman–Crippen MR) is 79.6 cm³/mol. The van der Waals surface area contributed by atoms with Crippen molar-refractivity contribution in [1.82, 2.24) is 0 Å². The number of rotatable bonds is 1. The molecule has 1 heterocycles. The first-order chi connectivity index (χ1) is 9.30. The van der Waals surface area contributed by atoms with Crippen molar-refractivity contribution in [2.24, 2.45) is 0 Å². The summed E-state index contributed by atoms with van der Waals surface area (Å²) >= 11 is 0. The van der Waals surface area contributed by atoms with Crippen molar-refractivity contribution in [2.45, 2.75) is 38.9 Å². The van der Waals surface area contributed by atoms with Crippen LogP contribution in [0, 0.1) is 5.82 Å². The second kappa shape index (κ2) is 4.30. The highest BCUT2D eigenvalue weighted by Gasteiger charge is 2.52. The van der Waals surface area contributed by atoms with Gasteiger partial charge in [0.15, 0.2) is 0 Å².